The van der Waals surface area contributed by atoms with E-state index in [1.165, 1.54) is 0 Å². The summed E-state index contributed by atoms with van der Waals surface area (Å²) in [4.78, 5) is 42.0. The van der Waals surface area contributed by atoms with E-state index in [1.807, 2.05) is 6.07 Å². The van der Waals surface area contributed by atoms with Gasteiger partial charge in [0.25, 0.3) is 5.91 Å². The van der Waals surface area contributed by atoms with Gasteiger partial charge in [0.05, 0.1) is 12.1 Å². The van der Waals surface area contributed by atoms with Crippen LogP contribution in [0.3, 0.4) is 0 Å². The van der Waals surface area contributed by atoms with Crippen LogP contribution in [-0.4, -0.2) is 59.1 Å². The van der Waals surface area contributed by atoms with Crippen molar-refractivity contribution in [3.8, 4) is 0 Å². The second kappa shape index (κ2) is 8.87. The fourth-order valence-corrected chi connectivity index (χ4v) is 3.51. The van der Waals surface area contributed by atoms with Crippen molar-refractivity contribution in [3.05, 3.63) is 41.2 Å². The Morgan fingerprint density at radius 1 is 1.20 bits per heavy atom. The van der Waals surface area contributed by atoms with E-state index in [0.717, 1.165) is 17.2 Å². The molecule has 1 aromatic heterocycles. The molecule has 1 aliphatic heterocycles. The quantitative estimate of drug-likeness (QED) is 0.723. The van der Waals surface area contributed by atoms with Gasteiger partial charge in [-0.05, 0) is 50.8 Å². The lowest BCUT2D eigenvalue weighted by molar-refractivity contribution is -0.119. The highest BCUT2D eigenvalue weighted by Gasteiger charge is 2.32. The minimum absolute atomic E-state index is 0.263. The predicted molar refractivity (Wildman–Crippen MR) is 113 cm³/mol. The molecule has 0 saturated carbocycles. The maximum Gasteiger partial charge on any atom is 0.408 e. The molecule has 9 heteroatoms. The molecule has 0 radical (unpaired) electrons. The molecule has 160 valence electrons. The van der Waals surface area contributed by atoms with Crippen molar-refractivity contribution in [2.45, 2.75) is 44.9 Å². The number of amides is 3. The number of aromatic nitrogens is 1. The number of piperidine rings is 1. The third-order valence-electron chi connectivity index (χ3n) is 4.73. The van der Waals surface area contributed by atoms with Crippen LogP contribution in [-0.2, 0) is 9.53 Å². The first-order valence-corrected chi connectivity index (χ1v) is 10.1. The Kier molecular flexibility index (Phi) is 6.45. The fourth-order valence-electron chi connectivity index (χ4n) is 3.33. The largest absolute Gasteiger partial charge is 0.444 e. The average Bonchev–Trinajstić information content (AvgIpc) is 2.67. The maximum absolute atomic E-state index is 12.8. The second-order valence-electron chi connectivity index (χ2n) is 8.28. The Balaban J connectivity index is 1.73. The van der Waals surface area contributed by atoms with Gasteiger partial charge in [-0.1, -0.05) is 17.7 Å². The van der Waals surface area contributed by atoms with E-state index in [1.54, 1.807) is 50.1 Å². The van der Waals surface area contributed by atoms with E-state index in [9.17, 15) is 14.4 Å². The Morgan fingerprint density at radius 2 is 1.97 bits per heavy atom. The molecule has 0 spiro atoms. The monoisotopic (exact) mass is 432 g/mol. The zero-order valence-electron chi connectivity index (χ0n) is 17.1. The number of alkyl carbamates (subject to hydrolysis) is 1. The number of carbonyl (C=O) groups excluding carboxylic acids is 3. The normalized spacial score (nSPS) is 19.3. The molecule has 30 heavy (non-hydrogen) atoms. The van der Waals surface area contributed by atoms with Crippen LogP contribution >= 0.6 is 11.6 Å². The third kappa shape index (κ3) is 5.60. The molecular formula is C21H25ClN4O4. The number of carbonyl (C=O) groups is 3. The van der Waals surface area contributed by atoms with Crippen LogP contribution in [0.2, 0.25) is 5.02 Å². The van der Waals surface area contributed by atoms with Gasteiger partial charge in [-0.3, -0.25) is 14.6 Å². The summed E-state index contributed by atoms with van der Waals surface area (Å²) in [6.45, 7) is 6.05. The SMILES string of the molecule is CC(C)(C)OC(=O)NC1CN(C=O)CCC1NC(=O)c1cc2ccc(Cl)cc2cn1. The highest BCUT2D eigenvalue weighted by atomic mass is 35.5. The number of nitrogens with one attached hydrogen (secondary N) is 2. The van der Waals surface area contributed by atoms with E-state index in [2.05, 4.69) is 15.6 Å². The van der Waals surface area contributed by atoms with Crippen LogP contribution in [0.25, 0.3) is 10.8 Å². The van der Waals surface area contributed by atoms with Crippen molar-refractivity contribution in [2.75, 3.05) is 13.1 Å². The number of hydrogen-bond acceptors (Lipinski definition) is 5. The lowest BCUT2D eigenvalue weighted by Crippen LogP contribution is -2.60. The second-order valence-corrected chi connectivity index (χ2v) is 8.72. The molecule has 2 heterocycles. The predicted octanol–water partition coefficient (Wildman–Crippen LogP) is 2.74. The first-order chi connectivity index (χ1) is 14.1. The van der Waals surface area contributed by atoms with Crippen LogP contribution < -0.4 is 10.6 Å². The number of rotatable bonds is 4. The van der Waals surface area contributed by atoms with E-state index >= 15 is 0 Å². The minimum atomic E-state index is -0.653. The molecule has 0 aliphatic carbocycles. The van der Waals surface area contributed by atoms with Crippen molar-refractivity contribution < 1.29 is 19.1 Å². The molecule has 2 unspecified atom stereocenters. The number of ether oxygens (including phenoxy) is 1. The van der Waals surface area contributed by atoms with Crippen LogP contribution in [0.4, 0.5) is 4.79 Å². The van der Waals surface area contributed by atoms with Crippen molar-refractivity contribution in [1.82, 2.24) is 20.5 Å². The van der Waals surface area contributed by atoms with Crippen molar-refractivity contribution >= 4 is 40.8 Å². The molecular weight excluding hydrogens is 408 g/mol. The molecule has 1 fully saturated rings. The van der Waals surface area contributed by atoms with Gasteiger partial charge in [0.15, 0.2) is 0 Å². The summed E-state index contributed by atoms with van der Waals surface area (Å²) >= 11 is 5.99. The number of hydrogen-bond donors (Lipinski definition) is 2. The molecule has 2 atom stereocenters. The summed E-state index contributed by atoms with van der Waals surface area (Å²) in [5.74, 6) is -0.354. The lowest BCUT2D eigenvalue weighted by Gasteiger charge is -2.37. The number of pyridine rings is 1. The van der Waals surface area contributed by atoms with E-state index in [4.69, 9.17) is 16.3 Å². The molecule has 3 amide bonds. The van der Waals surface area contributed by atoms with E-state index < -0.39 is 17.7 Å². The van der Waals surface area contributed by atoms with E-state index in [0.29, 0.717) is 18.0 Å². The summed E-state index contributed by atoms with van der Waals surface area (Å²) in [5, 5.41) is 7.98. The van der Waals surface area contributed by atoms with Gasteiger partial charge >= 0.3 is 6.09 Å². The highest BCUT2D eigenvalue weighted by Crippen LogP contribution is 2.20. The third-order valence-corrected chi connectivity index (χ3v) is 4.96. The molecule has 2 N–H and O–H groups in total. The molecule has 2 aromatic rings. The zero-order chi connectivity index (χ0) is 21.9. The molecule has 1 saturated heterocycles. The summed E-state index contributed by atoms with van der Waals surface area (Å²) in [6, 6.07) is 6.19. The molecule has 8 nitrogen and oxygen atoms in total. The Morgan fingerprint density at radius 3 is 2.67 bits per heavy atom. The Hall–Kier alpha value is -2.87. The maximum atomic E-state index is 12.8. The summed E-state index contributed by atoms with van der Waals surface area (Å²) < 4.78 is 5.31. The topological polar surface area (TPSA) is 101 Å². The van der Waals surface area contributed by atoms with Crippen molar-refractivity contribution in [2.24, 2.45) is 0 Å². The van der Waals surface area contributed by atoms with Crippen LogP contribution in [0.15, 0.2) is 30.5 Å². The first kappa shape index (κ1) is 21.8. The molecule has 3 rings (SSSR count). The Bertz CT molecular complexity index is 960. The van der Waals surface area contributed by atoms with Crippen molar-refractivity contribution in [3.63, 3.8) is 0 Å². The van der Waals surface area contributed by atoms with E-state index in [-0.39, 0.29) is 24.2 Å². The lowest BCUT2D eigenvalue weighted by atomic mass is 9.99. The number of benzene rings is 1. The highest BCUT2D eigenvalue weighted by molar-refractivity contribution is 6.31. The van der Waals surface area contributed by atoms with Gasteiger partial charge in [-0.2, -0.15) is 0 Å². The summed E-state index contributed by atoms with van der Waals surface area (Å²) in [6.07, 6.45) is 2.23. The van der Waals surface area contributed by atoms with Crippen molar-refractivity contribution in [1.29, 1.82) is 0 Å². The molecule has 1 aromatic carbocycles. The fraction of sp³-hybridized carbons (Fsp3) is 0.429. The standard InChI is InChI=1S/C21H25ClN4O4/c1-21(2,3)30-20(29)25-18-11-26(12-27)7-6-16(18)24-19(28)17-9-13-4-5-15(22)8-14(13)10-23-17/h4-5,8-10,12,16,18H,6-7,11H2,1-3H3,(H,24,28)(H,25,29). The Labute approximate surface area is 179 Å². The van der Waals surface area contributed by atoms with Gasteiger partial charge in [0.1, 0.15) is 11.3 Å². The smallest absolute Gasteiger partial charge is 0.408 e. The van der Waals surface area contributed by atoms with Gasteiger partial charge in [-0.25, -0.2) is 4.79 Å². The van der Waals surface area contributed by atoms with Gasteiger partial charge in [0.2, 0.25) is 6.41 Å². The van der Waals surface area contributed by atoms with Crippen LogP contribution in [0.5, 0.6) is 0 Å². The number of nitrogens with zero attached hydrogens (tertiary/aromatic N) is 2. The number of fused-ring (bicyclic) bond motifs is 1. The van der Waals surface area contributed by atoms with Crippen LogP contribution in [0, 0.1) is 0 Å². The summed E-state index contributed by atoms with van der Waals surface area (Å²) in [7, 11) is 0. The molecule has 0 bridgehead atoms. The number of likely N-dealkylation sites (tertiary alicyclic amines) is 1. The minimum Gasteiger partial charge on any atom is -0.444 e. The first-order valence-electron chi connectivity index (χ1n) is 9.69. The van der Waals surface area contributed by atoms with Crippen LogP contribution in [0.1, 0.15) is 37.7 Å². The van der Waals surface area contributed by atoms with Gasteiger partial charge in [-0.15, -0.1) is 0 Å². The summed E-state index contributed by atoms with van der Waals surface area (Å²) in [5.41, 5.74) is -0.390. The van der Waals surface area contributed by atoms with Gasteiger partial charge in [0, 0.05) is 29.7 Å². The zero-order valence-corrected chi connectivity index (χ0v) is 17.9. The average molecular weight is 433 g/mol. The van der Waals surface area contributed by atoms with Gasteiger partial charge < -0.3 is 20.3 Å². The molecule has 1 aliphatic rings. The number of halogens is 1.